The number of carbonyl (C=O) groups is 2. The fourth-order valence-electron chi connectivity index (χ4n) is 4.46. The van der Waals surface area contributed by atoms with Gasteiger partial charge in [0.25, 0.3) is 11.6 Å². The molecular formula is C25H21N3O5. The molecule has 3 aromatic rings. The van der Waals surface area contributed by atoms with Crippen molar-refractivity contribution in [2.45, 2.75) is 25.6 Å². The van der Waals surface area contributed by atoms with Gasteiger partial charge in [-0.25, -0.2) is 5.06 Å². The molecule has 0 aromatic heterocycles. The maximum atomic E-state index is 13.5. The van der Waals surface area contributed by atoms with E-state index in [2.05, 4.69) is 0 Å². The predicted octanol–water partition coefficient (Wildman–Crippen LogP) is 3.95. The Kier molecular flexibility index (Phi) is 5.14. The van der Waals surface area contributed by atoms with Crippen LogP contribution < -0.4 is 5.06 Å². The number of nitro benzene ring substituents is 1. The van der Waals surface area contributed by atoms with Gasteiger partial charge in [0.15, 0.2) is 6.10 Å². The SMILES string of the molecule is Cc1ccc([C@H]2[C@H]3C(=O)N(Cc4ccccc4)C(=O)[C@H]3ON2c2cccc([N+](=O)[O-])c2)cc1. The van der Waals surface area contributed by atoms with Gasteiger partial charge in [-0.1, -0.05) is 66.2 Å². The number of nitro groups is 1. The minimum Gasteiger partial charge on any atom is -0.275 e. The van der Waals surface area contributed by atoms with Gasteiger partial charge in [0.2, 0.25) is 5.91 Å². The van der Waals surface area contributed by atoms with E-state index in [0.29, 0.717) is 5.69 Å². The van der Waals surface area contributed by atoms with Crippen LogP contribution in [0.4, 0.5) is 11.4 Å². The highest BCUT2D eigenvalue weighted by Crippen LogP contribution is 2.47. The molecule has 0 bridgehead atoms. The minimum absolute atomic E-state index is 0.0980. The maximum Gasteiger partial charge on any atom is 0.271 e. The second-order valence-corrected chi connectivity index (χ2v) is 8.26. The maximum absolute atomic E-state index is 13.5. The lowest BCUT2D eigenvalue weighted by Gasteiger charge is -2.28. The lowest BCUT2D eigenvalue weighted by atomic mass is 9.90. The largest absolute Gasteiger partial charge is 0.275 e. The summed E-state index contributed by atoms with van der Waals surface area (Å²) in [6.07, 6.45) is -0.994. The molecule has 0 N–H and O–H groups in total. The van der Waals surface area contributed by atoms with Gasteiger partial charge in [-0.15, -0.1) is 0 Å². The normalized spacial score (nSPS) is 22.0. The summed E-state index contributed by atoms with van der Waals surface area (Å²) >= 11 is 0. The predicted molar refractivity (Wildman–Crippen MR) is 120 cm³/mol. The summed E-state index contributed by atoms with van der Waals surface area (Å²) < 4.78 is 0. The van der Waals surface area contributed by atoms with Gasteiger partial charge in [-0.3, -0.25) is 29.4 Å². The smallest absolute Gasteiger partial charge is 0.271 e. The first-order valence-corrected chi connectivity index (χ1v) is 10.6. The number of rotatable bonds is 5. The zero-order valence-corrected chi connectivity index (χ0v) is 17.8. The zero-order valence-electron chi connectivity index (χ0n) is 17.8. The number of carbonyl (C=O) groups excluding carboxylic acids is 2. The van der Waals surface area contributed by atoms with Crippen molar-refractivity contribution in [3.8, 4) is 0 Å². The van der Waals surface area contributed by atoms with Crippen LogP contribution in [0.2, 0.25) is 0 Å². The number of benzene rings is 3. The molecule has 166 valence electrons. The van der Waals surface area contributed by atoms with E-state index in [9.17, 15) is 19.7 Å². The Hall–Kier alpha value is -4.04. The van der Waals surface area contributed by atoms with Gasteiger partial charge >= 0.3 is 0 Å². The topological polar surface area (TPSA) is 93.0 Å². The summed E-state index contributed by atoms with van der Waals surface area (Å²) in [5, 5.41) is 12.8. The minimum atomic E-state index is -0.994. The van der Waals surface area contributed by atoms with E-state index in [1.54, 1.807) is 12.1 Å². The third-order valence-corrected chi connectivity index (χ3v) is 6.10. The van der Waals surface area contributed by atoms with Crippen LogP contribution in [0, 0.1) is 23.0 Å². The van der Waals surface area contributed by atoms with E-state index in [-0.39, 0.29) is 18.1 Å². The zero-order chi connectivity index (χ0) is 23.1. The van der Waals surface area contributed by atoms with Crippen molar-refractivity contribution < 1.29 is 19.3 Å². The summed E-state index contributed by atoms with van der Waals surface area (Å²) in [6, 6.07) is 22.4. The standard InChI is InChI=1S/C25H21N3O5/c1-16-10-12-18(13-11-16)22-21-23(33-27(22)19-8-5-9-20(14-19)28(31)32)25(30)26(24(21)29)15-17-6-3-2-4-7-17/h2-14,21-23H,15H2,1H3/t21-,22+,23+/m1/s1. The number of nitrogens with zero attached hydrogens (tertiary/aromatic N) is 3. The third kappa shape index (κ3) is 3.64. The van der Waals surface area contributed by atoms with Gasteiger partial charge in [0.05, 0.1) is 23.2 Å². The number of aryl methyl sites for hydroxylation is 1. The third-order valence-electron chi connectivity index (χ3n) is 6.10. The molecule has 2 aliphatic heterocycles. The molecule has 0 aliphatic carbocycles. The molecule has 0 saturated carbocycles. The molecule has 2 heterocycles. The van der Waals surface area contributed by atoms with E-state index < -0.39 is 28.9 Å². The van der Waals surface area contributed by atoms with Crippen molar-refractivity contribution >= 4 is 23.2 Å². The second-order valence-electron chi connectivity index (χ2n) is 8.26. The van der Waals surface area contributed by atoms with Crippen LogP contribution in [0.25, 0.3) is 0 Å². The highest BCUT2D eigenvalue weighted by molar-refractivity contribution is 6.07. The van der Waals surface area contributed by atoms with E-state index in [1.165, 1.54) is 22.1 Å². The Labute approximate surface area is 190 Å². The van der Waals surface area contributed by atoms with Crippen LogP contribution in [-0.4, -0.2) is 27.7 Å². The van der Waals surface area contributed by atoms with Gasteiger partial charge in [0, 0.05) is 12.1 Å². The molecule has 0 spiro atoms. The van der Waals surface area contributed by atoms with E-state index in [1.807, 2.05) is 61.5 Å². The van der Waals surface area contributed by atoms with Crippen LogP contribution in [0.5, 0.6) is 0 Å². The second kappa shape index (κ2) is 8.14. The molecule has 3 atom stereocenters. The lowest BCUT2D eigenvalue weighted by molar-refractivity contribution is -0.384. The highest BCUT2D eigenvalue weighted by Gasteiger charge is 2.59. The van der Waals surface area contributed by atoms with Crippen LogP contribution in [-0.2, 0) is 21.0 Å². The molecule has 2 fully saturated rings. The van der Waals surface area contributed by atoms with Crippen molar-refractivity contribution in [1.82, 2.24) is 4.90 Å². The van der Waals surface area contributed by atoms with Crippen molar-refractivity contribution in [3.05, 3.63) is 106 Å². The quantitative estimate of drug-likeness (QED) is 0.337. The van der Waals surface area contributed by atoms with Gasteiger partial charge < -0.3 is 0 Å². The number of hydroxylamine groups is 1. The van der Waals surface area contributed by atoms with Crippen LogP contribution >= 0.6 is 0 Å². The molecule has 2 aliphatic rings. The summed E-state index contributed by atoms with van der Waals surface area (Å²) in [4.78, 5) is 44.8. The molecule has 2 amide bonds. The van der Waals surface area contributed by atoms with Crippen molar-refractivity contribution in [2.24, 2.45) is 5.92 Å². The highest BCUT2D eigenvalue weighted by atomic mass is 16.7. The van der Waals surface area contributed by atoms with Gasteiger partial charge in [-0.2, -0.15) is 0 Å². The molecule has 33 heavy (non-hydrogen) atoms. The molecule has 5 rings (SSSR count). The molecule has 3 aromatic carbocycles. The van der Waals surface area contributed by atoms with E-state index in [4.69, 9.17) is 4.84 Å². The Morgan fingerprint density at radius 3 is 2.36 bits per heavy atom. The Bertz CT molecular complexity index is 1230. The monoisotopic (exact) mass is 443 g/mol. The fraction of sp³-hybridized carbons (Fsp3) is 0.200. The van der Waals surface area contributed by atoms with Crippen molar-refractivity contribution in [1.29, 1.82) is 0 Å². The number of anilines is 1. The number of likely N-dealkylation sites (tertiary alicyclic amines) is 1. The molecule has 0 unspecified atom stereocenters. The van der Waals surface area contributed by atoms with Gasteiger partial charge in [0.1, 0.15) is 5.92 Å². The summed E-state index contributed by atoms with van der Waals surface area (Å²) in [7, 11) is 0. The average molecular weight is 443 g/mol. The first-order chi connectivity index (χ1) is 15.9. The van der Waals surface area contributed by atoms with Crippen molar-refractivity contribution in [3.63, 3.8) is 0 Å². The van der Waals surface area contributed by atoms with E-state index >= 15 is 0 Å². The average Bonchev–Trinajstić information content (AvgIpc) is 3.32. The van der Waals surface area contributed by atoms with Crippen LogP contribution in [0.1, 0.15) is 22.7 Å². The Morgan fingerprint density at radius 1 is 0.939 bits per heavy atom. The summed E-state index contributed by atoms with van der Waals surface area (Å²) in [5.74, 6) is -1.48. The lowest BCUT2D eigenvalue weighted by Crippen LogP contribution is -2.37. The van der Waals surface area contributed by atoms with Crippen molar-refractivity contribution in [2.75, 3.05) is 5.06 Å². The first-order valence-electron chi connectivity index (χ1n) is 10.6. The number of hydrogen-bond acceptors (Lipinski definition) is 6. The van der Waals surface area contributed by atoms with Gasteiger partial charge in [-0.05, 0) is 24.1 Å². The van der Waals surface area contributed by atoms with Crippen LogP contribution in [0.15, 0.2) is 78.9 Å². The van der Waals surface area contributed by atoms with Crippen LogP contribution in [0.3, 0.4) is 0 Å². The Morgan fingerprint density at radius 2 is 1.67 bits per heavy atom. The number of hydrogen-bond donors (Lipinski definition) is 0. The Balaban J connectivity index is 1.54. The summed E-state index contributed by atoms with van der Waals surface area (Å²) in [5.41, 5.74) is 3.01. The molecule has 0 radical (unpaired) electrons. The molecule has 8 heteroatoms. The molecule has 2 saturated heterocycles. The molecule has 8 nitrogen and oxygen atoms in total. The summed E-state index contributed by atoms with van der Waals surface area (Å²) in [6.45, 7) is 2.13. The van der Waals surface area contributed by atoms with E-state index in [0.717, 1.165) is 16.7 Å². The number of imide groups is 1. The number of non-ortho nitro benzene ring substituents is 1. The molecular weight excluding hydrogens is 422 g/mol. The fourth-order valence-corrected chi connectivity index (χ4v) is 4.46. The first kappa shape index (κ1) is 20.8. The number of amides is 2. The number of fused-ring (bicyclic) bond motifs is 1.